The van der Waals surface area contributed by atoms with E-state index in [4.69, 9.17) is 4.74 Å². The van der Waals surface area contributed by atoms with Crippen LogP contribution in [0.25, 0.3) is 10.8 Å². The fraction of sp³-hybridized carbons (Fsp3) is 0.308. The van der Waals surface area contributed by atoms with Crippen LogP contribution in [0.1, 0.15) is 12.0 Å². The molecule has 2 amide bonds. The van der Waals surface area contributed by atoms with Gasteiger partial charge >= 0.3 is 11.8 Å². The molecule has 0 saturated heterocycles. The molecular weight excluding hydrogens is 402 g/mol. The normalized spacial score (nSPS) is 10.9. The van der Waals surface area contributed by atoms with E-state index in [0.717, 1.165) is 24.3 Å². The molecule has 6 heteroatoms. The minimum absolute atomic E-state index is 0.458. The number of hydrogen-bond acceptors (Lipinski definition) is 4. The van der Waals surface area contributed by atoms with Gasteiger partial charge in [0, 0.05) is 25.8 Å². The maximum atomic E-state index is 12.5. The molecule has 0 bridgehead atoms. The molecule has 0 radical (unpaired) electrons. The molecule has 3 aromatic carbocycles. The number of amides is 2. The molecule has 0 aliphatic heterocycles. The molecule has 0 spiro atoms. The maximum absolute atomic E-state index is 12.5. The summed E-state index contributed by atoms with van der Waals surface area (Å²) in [5.74, 6) is -0.473. The zero-order chi connectivity index (χ0) is 22.9. The molecule has 1 N–H and O–H groups in total. The number of nitrogens with zero attached hydrogens (tertiary/aromatic N) is 2. The van der Waals surface area contributed by atoms with Crippen molar-refractivity contribution in [3.63, 3.8) is 0 Å². The van der Waals surface area contributed by atoms with Gasteiger partial charge in [-0.1, -0.05) is 42.5 Å². The summed E-state index contributed by atoms with van der Waals surface area (Å²) in [7, 11) is 5.71. The molecule has 3 aromatic rings. The van der Waals surface area contributed by atoms with Crippen molar-refractivity contribution in [3.8, 4) is 5.75 Å². The average molecular weight is 434 g/mol. The lowest BCUT2D eigenvalue weighted by molar-refractivity contribution is -0.142. The average Bonchev–Trinajstić information content (AvgIpc) is 2.80. The van der Waals surface area contributed by atoms with Crippen molar-refractivity contribution >= 4 is 28.3 Å². The van der Waals surface area contributed by atoms with E-state index >= 15 is 0 Å². The third-order valence-electron chi connectivity index (χ3n) is 5.27. The Labute approximate surface area is 189 Å². The zero-order valence-electron chi connectivity index (χ0n) is 19.0. The molecule has 0 atom stereocenters. The summed E-state index contributed by atoms with van der Waals surface area (Å²) in [5, 5.41) is 5.01. The van der Waals surface area contributed by atoms with Crippen LogP contribution in [0.4, 0.5) is 5.69 Å². The van der Waals surface area contributed by atoms with Crippen LogP contribution in [0.5, 0.6) is 5.75 Å². The minimum Gasteiger partial charge on any atom is -0.494 e. The molecule has 0 unspecified atom stereocenters. The second kappa shape index (κ2) is 11.3. The van der Waals surface area contributed by atoms with E-state index in [9.17, 15) is 9.59 Å². The first-order chi connectivity index (χ1) is 15.4. The first-order valence-electron chi connectivity index (χ1n) is 10.8. The largest absolute Gasteiger partial charge is 0.494 e. The topological polar surface area (TPSA) is 61.9 Å². The highest BCUT2D eigenvalue weighted by molar-refractivity contribution is 6.39. The molecule has 0 aliphatic rings. The van der Waals surface area contributed by atoms with Crippen molar-refractivity contribution in [2.75, 3.05) is 46.2 Å². The van der Waals surface area contributed by atoms with Crippen molar-refractivity contribution in [1.82, 2.24) is 9.80 Å². The third-order valence-corrected chi connectivity index (χ3v) is 5.27. The van der Waals surface area contributed by atoms with Gasteiger partial charge in [0.25, 0.3) is 0 Å². The number of anilines is 1. The van der Waals surface area contributed by atoms with E-state index in [1.54, 1.807) is 31.3 Å². The Morgan fingerprint density at radius 2 is 1.59 bits per heavy atom. The van der Waals surface area contributed by atoms with E-state index in [1.807, 2.05) is 32.3 Å². The Kier molecular flexibility index (Phi) is 8.22. The van der Waals surface area contributed by atoms with Crippen molar-refractivity contribution in [1.29, 1.82) is 0 Å². The van der Waals surface area contributed by atoms with Gasteiger partial charge in [-0.25, -0.2) is 0 Å². The van der Waals surface area contributed by atoms with E-state index in [1.165, 1.54) is 15.7 Å². The van der Waals surface area contributed by atoms with Crippen LogP contribution in [-0.2, 0) is 16.0 Å². The number of likely N-dealkylation sites (N-methyl/N-ethyl adjacent to an activating group) is 1. The van der Waals surface area contributed by atoms with Crippen LogP contribution in [0.2, 0.25) is 0 Å². The van der Waals surface area contributed by atoms with E-state index in [-0.39, 0.29) is 0 Å². The van der Waals surface area contributed by atoms with Gasteiger partial charge in [0.15, 0.2) is 0 Å². The Balaban J connectivity index is 1.48. The lowest BCUT2D eigenvalue weighted by atomic mass is 10.0. The standard InChI is InChI=1S/C26H31N3O3/c1-28(2)17-7-19-32-23-14-12-22(13-15-23)27-25(30)26(31)29(3)18-16-21-10-6-9-20-8-4-5-11-24(20)21/h4-6,8-15H,7,16-19H2,1-3H3,(H,27,30). The molecule has 0 fully saturated rings. The van der Waals surface area contributed by atoms with Gasteiger partial charge < -0.3 is 19.9 Å². The fourth-order valence-corrected chi connectivity index (χ4v) is 3.46. The second-order valence-electron chi connectivity index (χ2n) is 8.10. The van der Waals surface area contributed by atoms with Crippen LogP contribution >= 0.6 is 0 Å². The summed E-state index contributed by atoms with van der Waals surface area (Å²) in [6, 6.07) is 21.4. The molecule has 0 aliphatic carbocycles. The van der Waals surface area contributed by atoms with Gasteiger partial charge in [-0.15, -0.1) is 0 Å². The monoisotopic (exact) mass is 433 g/mol. The number of ether oxygens (including phenoxy) is 1. The van der Waals surface area contributed by atoms with Crippen LogP contribution in [-0.4, -0.2) is 62.5 Å². The molecule has 168 valence electrons. The highest BCUT2D eigenvalue weighted by atomic mass is 16.5. The first kappa shape index (κ1) is 23.3. The van der Waals surface area contributed by atoms with Crippen LogP contribution in [0.3, 0.4) is 0 Å². The maximum Gasteiger partial charge on any atom is 0.313 e. The SMILES string of the molecule is CN(C)CCCOc1ccc(NC(=O)C(=O)N(C)CCc2cccc3ccccc23)cc1. The Morgan fingerprint density at radius 1 is 0.875 bits per heavy atom. The van der Waals surface area contributed by atoms with Crippen molar-refractivity contribution in [2.24, 2.45) is 0 Å². The molecule has 0 aromatic heterocycles. The second-order valence-corrected chi connectivity index (χ2v) is 8.10. The van der Waals surface area contributed by atoms with Gasteiger partial charge in [-0.05, 0) is 67.5 Å². The number of hydrogen-bond donors (Lipinski definition) is 1. The predicted octanol–water partition coefficient (Wildman–Crippen LogP) is 3.81. The summed E-state index contributed by atoms with van der Waals surface area (Å²) in [6.07, 6.45) is 1.61. The number of benzene rings is 3. The summed E-state index contributed by atoms with van der Waals surface area (Å²) in [4.78, 5) is 28.5. The summed E-state index contributed by atoms with van der Waals surface area (Å²) < 4.78 is 5.69. The smallest absolute Gasteiger partial charge is 0.313 e. The van der Waals surface area contributed by atoms with Gasteiger partial charge in [-0.3, -0.25) is 9.59 Å². The highest BCUT2D eigenvalue weighted by Crippen LogP contribution is 2.19. The van der Waals surface area contributed by atoms with E-state index in [2.05, 4.69) is 34.5 Å². The van der Waals surface area contributed by atoms with E-state index < -0.39 is 11.8 Å². The lowest BCUT2D eigenvalue weighted by Crippen LogP contribution is -2.38. The summed E-state index contributed by atoms with van der Waals surface area (Å²) in [6.45, 7) is 2.05. The molecule has 6 nitrogen and oxygen atoms in total. The van der Waals surface area contributed by atoms with Gasteiger partial charge in [-0.2, -0.15) is 0 Å². The number of carbonyl (C=O) groups excluding carboxylic acids is 2. The van der Waals surface area contributed by atoms with Crippen LogP contribution < -0.4 is 10.1 Å². The molecule has 0 heterocycles. The molecule has 3 rings (SSSR count). The highest BCUT2D eigenvalue weighted by Gasteiger charge is 2.19. The van der Waals surface area contributed by atoms with Gasteiger partial charge in [0.1, 0.15) is 5.75 Å². The lowest BCUT2D eigenvalue weighted by Gasteiger charge is -2.17. The number of carbonyl (C=O) groups is 2. The molecule has 0 saturated carbocycles. The van der Waals surface area contributed by atoms with Gasteiger partial charge in [0.05, 0.1) is 6.61 Å². The Morgan fingerprint density at radius 3 is 2.34 bits per heavy atom. The summed E-state index contributed by atoms with van der Waals surface area (Å²) >= 11 is 0. The molecule has 32 heavy (non-hydrogen) atoms. The number of fused-ring (bicyclic) bond motifs is 1. The van der Waals surface area contributed by atoms with Crippen molar-refractivity contribution in [3.05, 3.63) is 72.3 Å². The Bertz CT molecular complexity index is 1040. The predicted molar refractivity (Wildman–Crippen MR) is 129 cm³/mol. The molecular formula is C26H31N3O3. The number of rotatable bonds is 9. The van der Waals surface area contributed by atoms with Crippen LogP contribution in [0.15, 0.2) is 66.7 Å². The summed E-state index contributed by atoms with van der Waals surface area (Å²) in [5.41, 5.74) is 1.72. The fourth-order valence-electron chi connectivity index (χ4n) is 3.46. The van der Waals surface area contributed by atoms with Crippen molar-refractivity contribution < 1.29 is 14.3 Å². The Hall–Kier alpha value is -3.38. The first-order valence-corrected chi connectivity index (χ1v) is 10.8. The quantitative estimate of drug-likeness (QED) is 0.412. The van der Waals surface area contributed by atoms with Gasteiger partial charge in [0.2, 0.25) is 0 Å². The van der Waals surface area contributed by atoms with Crippen LogP contribution in [0, 0.1) is 0 Å². The third kappa shape index (κ3) is 6.56. The van der Waals surface area contributed by atoms with E-state index in [0.29, 0.717) is 25.3 Å². The zero-order valence-corrected chi connectivity index (χ0v) is 19.0. The van der Waals surface area contributed by atoms with Crippen molar-refractivity contribution in [2.45, 2.75) is 12.8 Å². The number of nitrogens with one attached hydrogen (secondary N) is 1. The minimum atomic E-state index is -0.648.